The van der Waals surface area contributed by atoms with Crippen molar-refractivity contribution in [3.8, 4) is 5.75 Å². The minimum Gasteiger partial charge on any atom is -0.496 e. The van der Waals surface area contributed by atoms with Crippen molar-refractivity contribution in [1.29, 1.82) is 0 Å². The molecule has 21 heavy (non-hydrogen) atoms. The molecule has 0 radical (unpaired) electrons. The molecule has 1 amide bonds. The Morgan fingerprint density at radius 3 is 2.57 bits per heavy atom. The van der Waals surface area contributed by atoms with E-state index in [1.165, 1.54) is 7.11 Å². The highest BCUT2D eigenvalue weighted by Crippen LogP contribution is 2.22. The van der Waals surface area contributed by atoms with Crippen molar-refractivity contribution in [3.63, 3.8) is 0 Å². The van der Waals surface area contributed by atoms with Crippen molar-refractivity contribution in [2.75, 3.05) is 26.8 Å². The molecule has 0 saturated carbocycles. The number of likely N-dealkylation sites (tertiary alicyclic amines) is 1. The fourth-order valence-electron chi connectivity index (χ4n) is 2.41. The van der Waals surface area contributed by atoms with Gasteiger partial charge in [-0.2, -0.15) is 0 Å². The first-order chi connectivity index (χ1) is 10.1. The van der Waals surface area contributed by atoms with Gasteiger partial charge in [-0.3, -0.25) is 4.79 Å². The summed E-state index contributed by atoms with van der Waals surface area (Å²) in [6.07, 6.45) is 1.20. The molecule has 0 aliphatic carbocycles. The van der Waals surface area contributed by atoms with E-state index < -0.39 is 5.97 Å². The number of benzene rings is 1. The molecule has 1 saturated heterocycles. The zero-order valence-corrected chi connectivity index (χ0v) is 11.9. The van der Waals surface area contributed by atoms with Gasteiger partial charge < -0.3 is 19.5 Å². The van der Waals surface area contributed by atoms with E-state index in [2.05, 4.69) is 0 Å². The summed E-state index contributed by atoms with van der Waals surface area (Å²) in [7, 11) is 1.54. The summed E-state index contributed by atoms with van der Waals surface area (Å²) in [6, 6.07) is 7.13. The summed E-state index contributed by atoms with van der Waals surface area (Å²) in [4.78, 5) is 24.7. The summed E-state index contributed by atoms with van der Waals surface area (Å²) < 4.78 is 10.5. The third-order valence-electron chi connectivity index (χ3n) is 3.51. The summed E-state index contributed by atoms with van der Waals surface area (Å²) in [6.45, 7) is 0.827. The predicted molar refractivity (Wildman–Crippen MR) is 75.5 cm³/mol. The molecule has 0 atom stereocenters. The number of rotatable bonds is 5. The number of amides is 1. The number of ether oxygens (including phenoxy) is 2. The number of hydrogen-bond donors (Lipinski definition) is 1. The van der Waals surface area contributed by atoms with E-state index >= 15 is 0 Å². The van der Waals surface area contributed by atoms with Crippen LogP contribution in [0.5, 0.6) is 5.75 Å². The number of carbonyl (C=O) groups excluding carboxylic acids is 1. The van der Waals surface area contributed by atoms with Gasteiger partial charge in [0, 0.05) is 13.1 Å². The standard InChI is InChI=1S/C15H19NO5/c1-20-13-5-3-2-4-12(13)15(19)16-8-6-11(7-9-16)21-10-14(17)18/h2-5,11H,6-10H2,1H3,(H,17,18). The van der Waals surface area contributed by atoms with Gasteiger partial charge >= 0.3 is 5.97 Å². The second kappa shape index (κ2) is 7.08. The lowest BCUT2D eigenvalue weighted by Crippen LogP contribution is -2.41. The normalized spacial score (nSPS) is 15.8. The van der Waals surface area contributed by atoms with Gasteiger partial charge in [0.1, 0.15) is 12.4 Å². The van der Waals surface area contributed by atoms with Gasteiger partial charge in [0.25, 0.3) is 5.91 Å². The molecule has 2 rings (SSSR count). The lowest BCUT2D eigenvalue weighted by Gasteiger charge is -2.32. The van der Waals surface area contributed by atoms with Gasteiger partial charge in [-0.05, 0) is 25.0 Å². The van der Waals surface area contributed by atoms with Crippen LogP contribution in [0.3, 0.4) is 0 Å². The number of piperidine rings is 1. The Balaban J connectivity index is 1.92. The van der Waals surface area contributed by atoms with E-state index in [1.54, 1.807) is 23.1 Å². The highest BCUT2D eigenvalue weighted by atomic mass is 16.5. The Hall–Kier alpha value is -2.08. The molecule has 1 aliphatic rings. The highest BCUT2D eigenvalue weighted by molar-refractivity contribution is 5.97. The van der Waals surface area contributed by atoms with Crippen LogP contribution in [-0.2, 0) is 9.53 Å². The molecule has 6 heteroatoms. The third-order valence-corrected chi connectivity index (χ3v) is 3.51. The first kappa shape index (κ1) is 15.3. The second-order valence-corrected chi connectivity index (χ2v) is 4.90. The highest BCUT2D eigenvalue weighted by Gasteiger charge is 2.25. The van der Waals surface area contributed by atoms with Crippen molar-refractivity contribution in [1.82, 2.24) is 4.90 Å². The fourth-order valence-corrected chi connectivity index (χ4v) is 2.41. The van der Waals surface area contributed by atoms with Gasteiger partial charge in [-0.15, -0.1) is 0 Å². The molecule has 0 aromatic heterocycles. The number of carbonyl (C=O) groups is 2. The number of hydrogen-bond acceptors (Lipinski definition) is 4. The Kier molecular flexibility index (Phi) is 5.16. The van der Waals surface area contributed by atoms with Crippen LogP contribution in [0.15, 0.2) is 24.3 Å². The predicted octanol–water partition coefficient (Wildman–Crippen LogP) is 1.40. The van der Waals surface area contributed by atoms with Gasteiger partial charge in [0.15, 0.2) is 0 Å². The smallest absolute Gasteiger partial charge is 0.329 e. The van der Waals surface area contributed by atoms with Crippen LogP contribution >= 0.6 is 0 Å². The van der Waals surface area contributed by atoms with E-state index in [1.807, 2.05) is 6.07 Å². The topological polar surface area (TPSA) is 76.1 Å². The van der Waals surface area contributed by atoms with Crippen LogP contribution in [0.1, 0.15) is 23.2 Å². The number of carboxylic acid groups (broad SMARTS) is 1. The van der Waals surface area contributed by atoms with Crippen LogP contribution in [0.2, 0.25) is 0 Å². The maximum Gasteiger partial charge on any atom is 0.329 e. The quantitative estimate of drug-likeness (QED) is 0.888. The van der Waals surface area contributed by atoms with Crippen LogP contribution in [0.25, 0.3) is 0 Å². The van der Waals surface area contributed by atoms with E-state index in [0.29, 0.717) is 37.2 Å². The minimum atomic E-state index is -0.970. The van der Waals surface area contributed by atoms with Gasteiger partial charge in [0.05, 0.1) is 18.8 Å². The van der Waals surface area contributed by atoms with Crippen molar-refractivity contribution < 1.29 is 24.2 Å². The Bertz CT molecular complexity index is 509. The lowest BCUT2D eigenvalue weighted by atomic mass is 10.1. The zero-order valence-electron chi connectivity index (χ0n) is 11.9. The molecule has 0 spiro atoms. The van der Waals surface area contributed by atoms with E-state index in [-0.39, 0.29) is 18.6 Å². The van der Waals surface area contributed by atoms with Crippen LogP contribution < -0.4 is 4.74 Å². The molecule has 1 aromatic rings. The maximum absolute atomic E-state index is 12.5. The molecule has 1 fully saturated rings. The molecule has 0 unspecified atom stereocenters. The number of carboxylic acids is 1. The average Bonchev–Trinajstić information content (AvgIpc) is 2.52. The van der Waals surface area contributed by atoms with Crippen molar-refractivity contribution in [2.24, 2.45) is 0 Å². The summed E-state index contributed by atoms with van der Waals surface area (Å²) in [5.74, 6) is -0.474. The SMILES string of the molecule is COc1ccccc1C(=O)N1CCC(OCC(=O)O)CC1. The number of aliphatic carboxylic acids is 1. The van der Waals surface area contributed by atoms with Crippen molar-refractivity contribution in [3.05, 3.63) is 29.8 Å². The molecule has 114 valence electrons. The molecule has 1 aromatic carbocycles. The zero-order chi connectivity index (χ0) is 15.2. The Morgan fingerprint density at radius 1 is 1.29 bits per heavy atom. The molecule has 0 bridgehead atoms. The summed E-state index contributed by atoms with van der Waals surface area (Å²) >= 11 is 0. The second-order valence-electron chi connectivity index (χ2n) is 4.90. The van der Waals surface area contributed by atoms with E-state index in [4.69, 9.17) is 14.6 Å². The van der Waals surface area contributed by atoms with Gasteiger partial charge in [-0.1, -0.05) is 12.1 Å². The number of methoxy groups -OCH3 is 1. The summed E-state index contributed by atoms with van der Waals surface area (Å²) in [5.41, 5.74) is 0.546. The maximum atomic E-state index is 12.5. The van der Waals surface area contributed by atoms with Gasteiger partial charge in [-0.25, -0.2) is 4.79 Å². The lowest BCUT2D eigenvalue weighted by molar-refractivity contribution is -0.145. The van der Waals surface area contributed by atoms with E-state index in [9.17, 15) is 9.59 Å². The fraction of sp³-hybridized carbons (Fsp3) is 0.467. The molecular formula is C15H19NO5. The largest absolute Gasteiger partial charge is 0.496 e. The van der Waals surface area contributed by atoms with Gasteiger partial charge in [0.2, 0.25) is 0 Å². The van der Waals surface area contributed by atoms with Crippen molar-refractivity contribution in [2.45, 2.75) is 18.9 Å². The summed E-state index contributed by atoms with van der Waals surface area (Å²) in [5, 5.41) is 8.59. The Morgan fingerprint density at radius 2 is 1.95 bits per heavy atom. The number of para-hydroxylation sites is 1. The minimum absolute atomic E-state index is 0.0656. The first-order valence-electron chi connectivity index (χ1n) is 6.87. The average molecular weight is 293 g/mol. The molecule has 1 N–H and O–H groups in total. The van der Waals surface area contributed by atoms with Crippen LogP contribution in [0, 0.1) is 0 Å². The van der Waals surface area contributed by atoms with Crippen LogP contribution in [-0.4, -0.2) is 54.8 Å². The van der Waals surface area contributed by atoms with Crippen molar-refractivity contribution >= 4 is 11.9 Å². The van der Waals surface area contributed by atoms with E-state index in [0.717, 1.165) is 0 Å². The molecular weight excluding hydrogens is 274 g/mol. The molecule has 1 heterocycles. The van der Waals surface area contributed by atoms with Crippen LogP contribution in [0.4, 0.5) is 0 Å². The molecule has 6 nitrogen and oxygen atoms in total. The monoisotopic (exact) mass is 293 g/mol. The number of nitrogens with zero attached hydrogens (tertiary/aromatic N) is 1. The third kappa shape index (κ3) is 3.95. The molecule has 1 aliphatic heterocycles. The Labute approximate surface area is 123 Å². The first-order valence-corrected chi connectivity index (χ1v) is 6.87.